The second-order valence-electron chi connectivity index (χ2n) is 4.89. The molecule has 23 heavy (non-hydrogen) atoms. The average Bonchev–Trinajstić information content (AvgIpc) is 2.90. The van der Waals surface area contributed by atoms with E-state index in [0.717, 1.165) is 18.2 Å². The number of sulfonamides is 1. The summed E-state index contributed by atoms with van der Waals surface area (Å²) in [4.78, 5) is 4.21. The van der Waals surface area contributed by atoms with E-state index < -0.39 is 21.7 Å². The molecule has 3 rings (SSSR count). The highest BCUT2D eigenvalue weighted by atomic mass is 32.2. The Morgan fingerprint density at radius 1 is 1.22 bits per heavy atom. The van der Waals surface area contributed by atoms with E-state index in [1.54, 1.807) is 22.9 Å². The van der Waals surface area contributed by atoms with E-state index in [0.29, 0.717) is 17.6 Å². The molecule has 2 aromatic heterocycles. The summed E-state index contributed by atoms with van der Waals surface area (Å²) in [6, 6.07) is 6.11. The van der Waals surface area contributed by atoms with E-state index in [2.05, 4.69) is 9.71 Å². The number of aryl methyl sites for hydroxylation is 1. The van der Waals surface area contributed by atoms with Gasteiger partial charge >= 0.3 is 0 Å². The van der Waals surface area contributed by atoms with Crippen LogP contribution in [0.1, 0.15) is 6.92 Å². The minimum atomic E-state index is -3.96. The first-order valence-corrected chi connectivity index (χ1v) is 8.32. The molecule has 0 aliphatic heterocycles. The van der Waals surface area contributed by atoms with Crippen LogP contribution in [0.4, 0.5) is 14.5 Å². The smallest absolute Gasteiger partial charge is 0.264 e. The van der Waals surface area contributed by atoms with Crippen LogP contribution in [0.15, 0.2) is 47.6 Å². The van der Waals surface area contributed by atoms with Crippen molar-refractivity contribution in [2.45, 2.75) is 18.4 Å². The fourth-order valence-corrected chi connectivity index (χ4v) is 3.58. The maximum atomic E-state index is 13.2. The van der Waals surface area contributed by atoms with Crippen LogP contribution in [0.3, 0.4) is 0 Å². The van der Waals surface area contributed by atoms with Crippen LogP contribution in [-0.4, -0.2) is 18.0 Å². The molecule has 0 aliphatic rings. The molecule has 120 valence electrons. The molecule has 0 bridgehead atoms. The molecule has 1 N–H and O–H groups in total. The third-order valence-corrected chi connectivity index (χ3v) is 4.81. The van der Waals surface area contributed by atoms with Gasteiger partial charge in [-0.25, -0.2) is 22.2 Å². The highest BCUT2D eigenvalue weighted by Crippen LogP contribution is 2.26. The summed E-state index contributed by atoms with van der Waals surface area (Å²) in [5, 5.41) is 0.462. The van der Waals surface area contributed by atoms with Crippen molar-refractivity contribution in [3.8, 4) is 0 Å². The first kappa shape index (κ1) is 15.4. The van der Waals surface area contributed by atoms with Crippen molar-refractivity contribution in [1.29, 1.82) is 0 Å². The van der Waals surface area contributed by atoms with Crippen LogP contribution in [0, 0.1) is 11.6 Å². The third kappa shape index (κ3) is 2.77. The number of hydrogen-bond donors (Lipinski definition) is 1. The highest BCUT2D eigenvalue weighted by Gasteiger charge is 2.21. The zero-order valence-electron chi connectivity index (χ0n) is 12.1. The topological polar surface area (TPSA) is 64.0 Å². The number of nitrogens with one attached hydrogen (secondary N) is 1. The Balaban J connectivity index is 2.08. The van der Waals surface area contributed by atoms with Gasteiger partial charge < -0.3 is 4.57 Å². The number of benzene rings is 1. The summed E-state index contributed by atoms with van der Waals surface area (Å²) in [6.07, 6.45) is 3.05. The molecule has 0 saturated carbocycles. The molecule has 0 spiro atoms. The average molecular weight is 337 g/mol. The molecular formula is C15H13F2N3O2S. The Bertz CT molecular complexity index is 984. The summed E-state index contributed by atoms with van der Waals surface area (Å²) in [7, 11) is -3.96. The van der Waals surface area contributed by atoms with Crippen molar-refractivity contribution in [3.63, 3.8) is 0 Å². The second kappa shape index (κ2) is 5.62. The number of nitrogens with zero attached hydrogens (tertiary/aromatic N) is 2. The number of pyridine rings is 1. The van der Waals surface area contributed by atoms with Gasteiger partial charge in [-0.05, 0) is 31.2 Å². The number of rotatable bonds is 4. The molecule has 0 radical (unpaired) electrons. The van der Waals surface area contributed by atoms with Crippen LogP contribution in [0.2, 0.25) is 0 Å². The Kier molecular flexibility index (Phi) is 3.77. The van der Waals surface area contributed by atoms with E-state index in [1.807, 2.05) is 6.92 Å². The Hall–Kier alpha value is -2.48. The highest BCUT2D eigenvalue weighted by molar-refractivity contribution is 7.93. The van der Waals surface area contributed by atoms with Gasteiger partial charge in [0.05, 0.1) is 5.69 Å². The SMILES string of the molecule is CCn1cc(S(=O)(=O)Nc2ccc(F)c(F)c2)c2cccnc21. The van der Waals surface area contributed by atoms with E-state index in [9.17, 15) is 17.2 Å². The second-order valence-corrected chi connectivity index (χ2v) is 6.54. The van der Waals surface area contributed by atoms with Gasteiger partial charge in [-0.1, -0.05) is 0 Å². The first-order valence-electron chi connectivity index (χ1n) is 6.84. The van der Waals surface area contributed by atoms with E-state index in [4.69, 9.17) is 0 Å². The fraction of sp³-hybridized carbons (Fsp3) is 0.133. The number of halogens is 2. The minimum absolute atomic E-state index is 0.0344. The summed E-state index contributed by atoms with van der Waals surface area (Å²) in [5.74, 6) is -2.16. The van der Waals surface area contributed by atoms with Crippen LogP contribution >= 0.6 is 0 Å². The zero-order valence-corrected chi connectivity index (χ0v) is 12.9. The maximum Gasteiger partial charge on any atom is 0.264 e. The van der Waals surface area contributed by atoms with Crippen LogP contribution < -0.4 is 4.72 Å². The normalized spacial score (nSPS) is 11.8. The molecule has 2 heterocycles. The lowest BCUT2D eigenvalue weighted by Gasteiger charge is -2.07. The van der Waals surface area contributed by atoms with Crippen molar-refractivity contribution in [1.82, 2.24) is 9.55 Å². The van der Waals surface area contributed by atoms with Gasteiger partial charge in [0.2, 0.25) is 0 Å². The van der Waals surface area contributed by atoms with Gasteiger partial charge in [-0.15, -0.1) is 0 Å². The Morgan fingerprint density at radius 3 is 2.70 bits per heavy atom. The number of aromatic nitrogens is 2. The molecule has 1 aromatic carbocycles. The molecule has 0 amide bonds. The van der Waals surface area contributed by atoms with Crippen molar-refractivity contribution >= 4 is 26.7 Å². The molecule has 0 fully saturated rings. The third-order valence-electron chi connectivity index (χ3n) is 3.40. The van der Waals surface area contributed by atoms with Crippen molar-refractivity contribution in [3.05, 3.63) is 54.4 Å². The molecule has 8 heteroatoms. The Labute approximate surface area is 131 Å². The molecule has 0 atom stereocenters. The lowest BCUT2D eigenvalue weighted by atomic mass is 10.3. The van der Waals surface area contributed by atoms with Crippen molar-refractivity contribution in [2.24, 2.45) is 0 Å². The number of hydrogen-bond acceptors (Lipinski definition) is 3. The largest absolute Gasteiger partial charge is 0.331 e. The van der Waals surface area contributed by atoms with Crippen molar-refractivity contribution < 1.29 is 17.2 Å². The monoisotopic (exact) mass is 337 g/mol. The molecule has 5 nitrogen and oxygen atoms in total. The van der Waals surface area contributed by atoms with Gasteiger partial charge in [0.15, 0.2) is 11.6 Å². The van der Waals surface area contributed by atoms with Gasteiger partial charge in [-0.3, -0.25) is 4.72 Å². The number of anilines is 1. The summed E-state index contributed by atoms with van der Waals surface area (Å²) >= 11 is 0. The van der Waals surface area contributed by atoms with Crippen LogP contribution in [0.25, 0.3) is 11.0 Å². The minimum Gasteiger partial charge on any atom is -0.331 e. The van der Waals surface area contributed by atoms with Crippen LogP contribution in [-0.2, 0) is 16.6 Å². The predicted molar refractivity (Wildman–Crippen MR) is 82.6 cm³/mol. The van der Waals surface area contributed by atoms with E-state index in [-0.39, 0.29) is 10.6 Å². The summed E-state index contributed by atoms with van der Waals surface area (Å²) < 4.78 is 55.3. The van der Waals surface area contributed by atoms with Gasteiger partial charge in [0.1, 0.15) is 10.5 Å². The number of fused-ring (bicyclic) bond motifs is 1. The standard InChI is InChI=1S/C15H13F2N3O2S/c1-2-20-9-14(11-4-3-7-18-15(11)20)23(21,22)19-10-5-6-12(16)13(17)8-10/h3-9,19H,2H2,1H3. The molecule has 0 aliphatic carbocycles. The van der Waals surface area contributed by atoms with Gasteiger partial charge in [0.25, 0.3) is 10.0 Å². The molecule has 3 aromatic rings. The van der Waals surface area contributed by atoms with Crippen LogP contribution in [0.5, 0.6) is 0 Å². The Morgan fingerprint density at radius 2 is 2.00 bits per heavy atom. The lowest BCUT2D eigenvalue weighted by Crippen LogP contribution is -2.13. The summed E-state index contributed by atoms with van der Waals surface area (Å²) in [6.45, 7) is 2.42. The lowest BCUT2D eigenvalue weighted by molar-refractivity contribution is 0.509. The first-order chi connectivity index (χ1) is 10.9. The van der Waals surface area contributed by atoms with E-state index >= 15 is 0 Å². The molecule has 0 unspecified atom stereocenters. The maximum absolute atomic E-state index is 13.2. The molecule has 0 saturated heterocycles. The predicted octanol–water partition coefficient (Wildman–Crippen LogP) is 3.14. The van der Waals surface area contributed by atoms with E-state index in [1.165, 1.54) is 6.20 Å². The van der Waals surface area contributed by atoms with Gasteiger partial charge in [0, 0.05) is 30.4 Å². The van der Waals surface area contributed by atoms with Gasteiger partial charge in [-0.2, -0.15) is 0 Å². The zero-order chi connectivity index (χ0) is 16.6. The quantitative estimate of drug-likeness (QED) is 0.795. The summed E-state index contributed by atoms with van der Waals surface area (Å²) in [5.41, 5.74) is 0.492. The molecular weight excluding hydrogens is 324 g/mol. The fourth-order valence-electron chi connectivity index (χ4n) is 2.32. The van der Waals surface area contributed by atoms with Crippen molar-refractivity contribution in [2.75, 3.05) is 4.72 Å².